The van der Waals surface area contributed by atoms with E-state index in [2.05, 4.69) is 17.3 Å². The summed E-state index contributed by atoms with van der Waals surface area (Å²) < 4.78 is 0. The summed E-state index contributed by atoms with van der Waals surface area (Å²) in [7, 11) is 4.11. The highest BCUT2D eigenvalue weighted by molar-refractivity contribution is 6.17. The molecule has 2 bridgehead atoms. The highest BCUT2D eigenvalue weighted by atomic mass is 16.2. The van der Waals surface area contributed by atoms with Crippen LogP contribution in [0.5, 0.6) is 0 Å². The van der Waals surface area contributed by atoms with Crippen molar-refractivity contribution in [1.29, 1.82) is 0 Å². The summed E-state index contributed by atoms with van der Waals surface area (Å²) in [5.41, 5.74) is 2.49. The minimum absolute atomic E-state index is 0.0876. The van der Waals surface area contributed by atoms with E-state index < -0.39 is 0 Å². The minimum Gasteiger partial charge on any atom is -0.324 e. The fraction of sp³-hybridized carbons (Fsp3) is 0.391. The van der Waals surface area contributed by atoms with E-state index in [0.29, 0.717) is 34.7 Å². The highest BCUT2D eigenvalue weighted by Crippen LogP contribution is 2.40. The topological polar surface area (TPSA) is 55.9 Å². The quantitative estimate of drug-likeness (QED) is 0.799. The average Bonchev–Trinajstić information content (AvgIpc) is 2.91. The number of para-hydroxylation sites is 3. The van der Waals surface area contributed by atoms with E-state index in [1.165, 1.54) is 12.8 Å². The van der Waals surface area contributed by atoms with Gasteiger partial charge in [-0.3, -0.25) is 9.69 Å². The molecule has 2 saturated heterocycles. The number of amides is 3. The van der Waals surface area contributed by atoms with Crippen LogP contribution < -0.4 is 10.2 Å². The molecule has 2 aromatic carbocycles. The minimum atomic E-state index is -0.191. The van der Waals surface area contributed by atoms with Crippen LogP contribution in [0.2, 0.25) is 0 Å². The molecule has 2 unspecified atom stereocenters. The number of carbonyl (C=O) groups excluding carboxylic acids is 2. The smallest absolute Gasteiger partial charge is 0.324 e. The Labute approximate surface area is 171 Å². The van der Waals surface area contributed by atoms with Crippen LogP contribution >= 0.6 is 0 Å². The Kier molecular flexibility index (Phi) is 4.32. The molecule has 2 aromatic rings. The van der Waals surface area contributed by atoms with Gasteiger partial charge in [-0.2, -0.15) is 0 Å². The van der Waals surface area contributed by atoms with Gasteiger partial charge in [-0.15, -0.1) is 0 Å². The third kappa shape index (κ3) is 2.90. The van der Waals surface area contributed by atoms with Crippen LogP contribution in [0.3, 0.4) is 0 Å². The first-order valence-electron chi connectivity index (χ1n) is 10.3. The van der Waals surface area contributed by atoms with Crippen LogP contribution in [-0.2, 0) is 0 Å². The van der Waals surface area contributed by atoms with E-state index >= 15 is 0 Å². The van der Waals surface area contributed by atoms with E-state index in [4.69, 9.17) is 0 Å². The first-order valence-corrected chi connectivity index (χ1v) is 10.3. The molecule has 0 spiro atoms. The van der Waals surface area contributed by atoms with Gasteiger partial charge in [0.15, 0.2) is 0 Å². The lowest BCUT2D eigenvalue weighted by atomic mass is 9.97. The molecule has 0 radical (unpaired) electrons. The first kappa shape index (κ1) is 18.2. The number of nitrogens with zero attached hydrogens (tertiary/aromatic N) is 3. The summed E-state index contributed by atoms with van der Waals surface area (Å²) >= 11 is 0. The summed E-state index contributed by atoms with van der Waals surface area (Å²) in [6.45, 7) is 0. The number of piperidine rings is 1. The Bertz CT molecular complexity index is 961. The van der Waals surface area contributed by atoms with Gasteiger partial charge in [0, 0.05) is 25.2 Å². The molecule has 2 atom stereocenters. The molecular weight excluding hydrogens is 364 g/mol. The number of rotatable bonds is 1. The second kappa shape index (κ2) is 6.88. The molecule has 0 aliphatic carbocycles. The van der Waals surface area contributed by atoms with Crippen LogP contribution in [0.15, 0.2) is 48.5 Å². The predicted octanol–water partition coefficient (Wildman–Crippen LogP) is 4.07. The normalized spacial score (nSPS) is 25.7. The van der Waals surface area contributed by atoms with Gasteiger partial charge in [0.05, 0.1) is 22.6 Å². The van der Waals surface area contributed by atoms with Crippen molar-refractivity contribution in [3.05, 3.63) is 54.1 Å². The number of fused-ring (bicyclic) bond motifs is 4. The molecule has 0 aromatic heterocycles. The van der Waals surface area contributed by atoms with Crippen LogP contribution in [0.25, 0.3) is 0 Å². The zero-order chi connectivity index (χ0) is 20.1. The Balaban J connectivity index is 1.53. The van der Waals surface area contributed by atoms with Gasteiger partial charge in [0.25, 0.3) is 5.91 Å². The van der Waals surface area contributed by atoms with E-state index in [1.807, 2.05) is 54.4 Å². The van der Waals surface area contributed by atoms with Gasteiger partial charge in [-0.25, -0.2) is 4.79 Å². The lowest BCUT2D eigenvalue weighted by Gasteiger charge is -2.41. The maximum Gasteiger partial charge on any atom is 0.329 e. The molecule has 0 saturated carbocycles. The molecule has 29 heavy (non-hydrogen) atoms. The molecule has 3 aliphatic rings. The lowest BCUT2D eigenvalue weighted by Crippen LogP contribution is -2.52. The summed E-state index contributed by atoms with van der Waals surface area (Å²) in [6, 6.07) is 16.1. The van der Waals surface area contributed by atoms with Crippen molar-refractivity contribution in [2.75, 3.05) is 24.3 Å². The van der Waals surface area contributed by atoms with Crippen molar-refractivity contribution < 1.29 is 9.59 Å². The molecule has 6 nitrogen and oxygen atoms in total. The van der Waals surface area contributed by atoms with Crippen LogP contribution in [-0.4, -0.2) is 54.0 Å². The molecule has 1 N–H and O–H groups in total. The highest BCUT2D eigenvalue weighted by Gasteiger charge is 2.42. The van der Waals surface area contributed by atoms with Gasteiger partial charge in [-0.05, 0) is 57.0 Å². The lowest BCUT2D eigenvalue weighted by molar-refractivity contribution is 0.102. The van der Waals surface area contributed by atoms with Crippen molar-refractivity contribution >= 4 is 29.0 Å². The summed E-state index contributed by atoms with van der Waals surface area (Å²) in [6.07, 6.45) is 4.44. The van der Waals surface area contributed by atoms with Crippen LogP contribution in [0.4, 0.5) is 21.9 Å². The molecular formula is C23H26N4O2. The summed E-state index contributed by atoms with van der Waals surface area (Å²) in [4.78, 5) is 32.6. The molecule has 5 rings (SSSR count). The zero-order valence-corrected chi connectivity index (χ0v) is 16.8. The van der Waals surface area contributed by atoms with Crippen molar-refractivity contribution in [2.24, 2.45) is 0 Å². The Hall–Kier alpha value is -2.86. The van der Waals surface area contributed by atoms with Gasteiger partial charge >= 0.3 is 6.03 Å². The number of anilines is 3. The van der Waals surface area contributed by atoms with Crippen molar-refractivity contribution in [1.82, 2.24) is 9.80 Å². The van der Waals surface area contributed by atoms with Crippen molar-refractivity contribution in [3.8, 4) is 0 Å². The van der Waals surface area contributed by atoms with Crippen molar-refractivity contribution in [3.63, 3.8) is 0 Å². The van der Waals surface area contributed by atoms with Gasteiger partial charge < -0.3 is 15.1 Å². The number of urea groups is 1. The summed E-state index contributed by atoms with van der Waals surface area (Å²) in [5.74, 6) is -0.191. The number of hydrogen-bond acceptors (Lipinski definition) is 3. The van der Waals surface area contributed by atoms with E-state index in [1.54, 1.807) is 11.0 Å². The number of benzene rings is 2. The maximum atomic E-state index is 13.8. The molecule has 3 amide bonds. The Morgan fingerprint density at radius 2 is 1.62 bits per heavy atom. The fourth-order valence-corrected chi connectivity index (χ4v) is 5.17. The van der Waals surface area contributed by atoms with Gasteiger partial charge in [0.2, 0.25) is 0 Å². The third-order valence-electron chi connectivity index (χ3n) is 6.90. The zero-order valence-electron chi connectivity index (χ0n) is 16.8. The van der Waals surface area contributed by atoms with Crippen LogP contribution in [0, 0.1) is 0 Å². The van der Waals surface area contributed by atoms with Gasteiger partial charge in [0.1, 0.15) is 0 Å². The maximum absolute atomic E-state index is 13.8. The third-order valence-corrected chi connectivity index (χ3v) is 6.90. The number of nitrogens with one attached hydrogen (secondary N) is 1. The number of hydrogen-bond donors (Lipinski definition) is 1. The van der Waals surface area contributed by atoms with E-state index in [9.17, 15) is 9.59 Å². The number of carbonyl (C=O) groups is 2. The second-order valence-corrected chi connectivity index (χ2v) is 8.39. The van der Waals surface area contributed by atoms with Crippen LogP contribution in [0.1, 0.15) is 36.0 Å². The van der Waals surface area contributed by atoms with E-state index in [-0.39, 0.29) is 18.0 Å². The van der Waals surface area contributed by atoms with Gasteiger partial charge in [-0.1, -0.05) is 24.3 Å². The molecule has 150 valence electrons. The average molecular weight is 390 g/mol. The largest absolute Gasteiger partial charge is 0.329 e. The second-order valence-electron chi connectivity index (χ2n) is 8.39. The standard InChI is InChI=1S/C23H26N4O2/c1-25-15-11-12-16(25)14-17(13-15)26(2)23(29)27-20-9-5-3-7-18(20)22(28)24-19-8-4-6-10-21(19)27/h3-10,15-17H,11-14H2,1-2H3,(H,24,28). The molecule has 2 fully saturated rings. The molecule has 3 heterocycles. The Morgan fingerprint density at radius 1 is 1.00 bits per heavy atom. The van der Waals surface area contributed by atoms with Crippen molar-refractivity contribution in [2.45, 2.75) is 43.8 Å². The summed E-state index contributed by atoms with van der Waals surface area (Å²) in [5, 5.41) is 2.95. The first-order chi connectivity index (χ1) is 14.0. The molecule has 6 heteroatoms. The predicted molar refractivity (Wildman–Crippen MR) is 114 cm³/mol. The van der Waals surface area contributed by atoms with E-state index in [0.717, 1.165) is 12.8 Å². The fourth-order valence-electron chi connectivity index (χ4n) is 5.17. The molecule has 3 aliphatic heterocycles. The monoisotopic (exact) mass is 390 g/mol. The SMILES string of the molecule is CN(C(=O)N1c2ccccc2NC(=O)c2ccccc21)C1CC2CCC(C1)N2C. The Morgan fingerprint density at radius 3 is 2.34 bits per heavy atom.